The molecule has 9 heteroatoms. The van der Waals surface area contributed by atoms with Crippen LogP contribution in [0.1, 0.15) is 33.1 Å². The molecule has 1 amide bonds. The largest absolute Gasteiger partial charge is 0.466 e. The molecule has 1 aromatic heterocycles. The van der Waals surface area contributed by atoms with E-state index < -0.39 is 0 Å². The average molecular weight is 470 g/mol. The quantitative estimate of drug-likeness (QED) is 0.248. The highest BCUT2D eigenvalue weighted by Gasteiger charge is 2.13. The minimum absolute atomic E-state index is 0.106. The highest BCUT2D eigenvalue weighted by molar-refractivity contribution is 9.10. The SMILES string of the molecule is CCCn1c(SCC(=O)NCCCC(=O)OCC)nc2ccc(Br)cc2c1=O. The Morgan fingerprint density at radius 1 is 1.32 bits per heavy atom. The van der Waals surface area contributed by atoms with Crippen LogP contribution < -0.4 is 10.9 Å². The van der Waals surface area contributed by atoms with Crippen molar-refractivity contribution >= 4 is 50.5 Å². The van der Waals surface area contributed by atoms with Gasteiger partial charge in [0, 0.05) is 24.0 Å². The number of hydrogen-bond acceptors (Lipinski definition) is 6. The van der Waals surface area contributed by atoms with Crippen molar-refractivity contribution in [2.24, 2.45) is 0 Å². The monoisotopic (exact) mass is 469 g/mol. The van der Waals surface area contributed by atoms with Crippen LogP contribution in [0.25, 0.3) is 10.9 Å². The minimum Gasteiger partial charge on any atom is -0.466 e. The second kappa shape index (κ2) is 11.2. The Hall–Kier alpha value is -1.87. The van der Waals surface area contributed by atoms with Crippen LogP contribution >= 0.6 is 27.7 Å². The molecule has 7 nitrogen and oxygen atoms in total. The molecular weight excluding hydrogens is 446 g/mol. The number of halogens is 1. The fourth-order valence-corrected chi connectivity index (χ4v) is 3.79. The van der Waals surface area contributed by atoms with Crippen molar-refractivity contribution in [3.8, 4) is 0 Å². The highest BCUT2D eigenvalue weighted by atomic mass is 79.9. The smallest absolute Gasteiger partial charge is 0.305 e. The molecule has 1 aromatic carbocycles. The molecule has 28 heavy (non-hydrogen) atoms. The lowest BCUT2D eigenvalue weighted by Gasteiger charge is -2.12. The Bertz CT molecular complexity index is 901. The van der Waals surface area contributed by atoms with Gasteiger partial charge in [0.05, 0.1) is 23.3 Å². The van der Waals surface area contributed by atoms with Crippen molar-refractivity contribution < 1.29 is 14.3 Å². The fourth-order valence-electron chi connectivity index (χ4n) is 2.58. The second-order valence-electron chi connectivity index (χ2n) is 6.06. The summed E-state index contributed by atoms with van der Waals surface area (Å²) < 4.78 is 7.29. The van der Waals surface area contributed by atoms with E-state index in [0.717, 1.165) is 10.9 Å². The molecule has 0 radical (unpaired) electrons. The number of rotatable bonds is 10. The average Bonchev–Trinajstić information content (AvgIpc) is 2.67. The van der Waals surface area contributed by atoms with Gasteiger partial charge in [0.1, 0.15) is 0 Å². The molecule has 0 saturated carbocycles. The summed E-state index contributed by atoms with van der Waals surface area (Å²) in [4.78, 5) is 40.7. The van der Waals surface area contributed by atoms with Gasteiger partial charge >= 0.3 is 5.97 Å². The summed E-state index contributed by atoms with van der Waals surface area (Å²) in [7, 11) is 0. The van der Waals surface area contributed by atoms with Crippen molar-refractivity contribution in [3.63, 3.8) is 0 Å². The third-order valence-corrected chi connectivity index (χ3v) is 5.32. The number of aromatic nitrogens is 2. The fraction of sp³-hybridized carbons (Fsp3) is 0.474. The van der Waals surface area contributed by atoms with Crippen LogP contribution in [0.5, 0.6) is 0 Å². The molecule has 0 bridgehead atoms. The molecule has 0 fully saturated rings. The van der Waals surface area contributed by atoms with Gasteiger partial charge in [0.25, 0.3) is 5.56 Å². The lowest BCUT2D eigenvalue weighted by Crippen LogP contribution is -2.28. The Labute approximate surface area is 176 Å². The van der Waals surface area contributed by atoms with Gasteiger partial charge in [-0.25, -0.2) is 4.98 Å². The topological polar surface area (TPSA) is 90.3 Å². The Morgan fingerprint density at radius 3 is 2.82 bits per heavy atom. The number of carbonyl (C=O) groups excluding carboxylic acids is 2. The first-order valence-corrected chi connectivity index (χ1v) is 11.0. The van der Waals surface area contributed by atoms with Crippen molar-refractivity contribution in [2.45, 2.75) is 44.8 Å². The third-order valence-electron chi connectivity index (χ3n) is 3.85. The van der Waals surface area contributed by atoms with Crippen molar-refractivity contribution in [2.75, 3.05) is 18.9 Å². The molecule has 2 aromatic rings. The van der Waals surface area contributed by atoms with E-state index in [9.17, 15) is 14.4 Å². The van der Waals surface area contributed by atoms with Gasteiger partial charge in [-0.2, -0.15) is 0 Å². The first-order valence-electron chi connectivity index (χ1n) is 9.21. The van der Waals surface area contributed by atoms with E-state index in [-0.39, 0.29) is 29.6 Å². The summed E-state index contributed by atoms with van der Waals surface area (Å²) in [6, 6.07) is 5.39. The molecule has 0 aliphatic rings. The number of ether oxygens (including phenoxy) is 1. The standard InChI is InChI=1S/C19H24BrN3O4S/c1-3-10-23-18(26)14-11-13(20)7-8-15(14)22-19(23)28-12-16(24)21-9-5-6-17(25)27-4-2/h7-8,11H,3-6,9-10,12H2,1-2H3,(H,21,24). The zero-order chi connectivity index (χ0) is 20.5. The van der Waals surface area contributed by atoms with Crippen LogP contribution in [-0.4, -0.2) is 40.3 Å². The summed E-state index contributed by atoms with van der Waals surface area (Å²) in [5, 5.41) is 3.85. The minimum atomic E-state index is -0.262. The zero-order valence-electron chi connectivity index (χ0n) is 16.0. The van der Waals surface area contributed by atoms with Crippen LogP contribution in [0.3, 0.4) is 0 Å². The number of carbonyl (C=O) groups is 2. The summed E-state index contributed by atoms with van der Waals surface area (Å²) in [6.07, 6.45) is 1.59. The number of fused-ring (bicyclic) bond motifs is 1. The Balaban J connectivity index is 2.00. The first-order chi connectivity index (χ1) is 13.5. The lowest BCUT2D eigenvalue weighted by molar-refractivity contribution is -0.143. The molecule has 0 atom stereocenters. The van der Waals surface area contributed by atoms with Gasteiger partial charge in [-0.05, 0) is 38.0 Å². The number of amides is 1. The van der Waals surface area contributed by atoms with Crippen LogP contribution in [0.2, 0.25) is 0 Å². The highest BCUT2D eigenvalue weighted by Crippen LogP contribution is 2.20. The molecule has 0 spiro atoms. The lowest BCUT2D eigenvalue weighted by atomic mass is 10.2. The van der Waals surface area contributed by atoms with E-state index in [4.69, 9.17) is 4.74 Å². The van der Waals surface area contributed by atoms with Crippen molar-refractivity contribution in [3.05, 3.63) is 33.0 Å². The third kappa shape index (κ3) is 6.34. The molecule has 152 valence electrons. The summed E-state index contributed by atoms with van der Waals surface area (Å²) >= 11 is 4.62. The van der Waals surface area contributed by atoms with E-state index in [1.807, 2.05) is 13.0 Å². The normalized spacial score (nSPS) is 10.8. The van der Waals surface area contributed by atoms with E-state index in [2.05, 4.69) is 26.2 Å². The maximum atomic E-state index is 12.8. The van der Waals surface area contributed by atoms with Gasteiger partial charge in [0.15, 0.2) is 5.16 Å². The molecule has 0 unspecified atom stereocenters. The van der Waals surface area contributed by atoms with Crippen molar-refractivity contribution in [1.82, 2.24) is 14.9 Å². The predicted octanol–water partition coefficient (Wildman–Crippen LogP) is 3.12. The number of nitrogens with one attached hydrogen (secondary N) is 1. The molecular formula is C19H24BrN3O4S. The second-order valence-corrected chi connectivity index (χ2v) is 7.92. The van der Waals surface area contributed by atoms with Crippen LogP contribution in [0.15, 0.2) is 32.6 Å². The van der Waals surface area contributed by atoms with Gasteiger partial charge in [-0.3, -0.25) is 19.0 Å². The van der Waals surface area contributed by atoms with Crippen LogP contribution in [-0.2, 0) is 20.9 Å². The number of benzene rings is 1. The van der Waals surface area contributed by atoms with Gasteiger partial charge in [-0.15, -0.1) is 0 Å². The van der Waals surface area contributed by atoms with Crippen molar-refractivity contribution in [1.29, 1.82) is 0 Å². The number of thioether (sulfide) groups is 1. The molecule has 1 heterocycles. The van der Waals surface area contributed by atoms with Gasteiger partial charge < -0.3 is 10.1 Å². The van der Waals surface area contributed by atoms with Crippen LogP contribution in [0.4, 0.5) is 0 Å². The number of hydrogen-bond donors (Lipinski definition) is 1. The van der Waals surface area contributed by atoms with Gasteiger partial charge in [-0.1, -0.05) is 34.6 Å². The first kappa shape index (κ1) is 22.4. The molecule has 0 aliphatic heterocycles. The molecule has 0 aliphatic carbocycles. The summed E-state index contributed by atoms with van der Waals surface area (Å²) in [5.74, 6) is -0.277. The molecule has 1 N–H and O–H groups in total. The van der Waals surface area contributed by atoms with E-state index in [0.29, 0.717) is 42.2 Å². The van der Waals surface area contributed by atoms with E-state index in [1.165, 1.54) is 11.8 Å². The molecule has 2 rings (SSSR count). The summed E-state index contributed by atoms with van der Waals surface area (Å²) in [6.45, 7) is 5.05. The zero-order valence-corrected chi connectivity index (χ0v) is 18.4. The van der Waals surface area contributed by atoms with E-state index in [1.54, 1.807) is 23.6 Å². The van der Waals surface area contributed by atoms with E-state index >= 15 is 0 Å². The predicted molar refractivity (Wildman–Crippen MR) is 114 cm³/mol. The Kier molecular flexibility index (Phi) is 8.98. The number of nitrogens with zero attached hydrogens (tertiary/aromatic N) is 2. The summed E-state index contributed by atoms with van der Waals surface area (Å²) in [5.41, 5.74) is 0.503. The Morgan fingerprint density at radius 2 is 2.11 bits per heavy atom. The number of esters is 1. The van der Waals surface area contributed by atoms with Gasteiger partial charge in [0.2, 0.25) is 5.91 Å². The maximum Gasteiger partial charge on any atom is 0.305 e. The maximum absolute atomic E-state index is 12.8. The molecule has 0 saturated heterocycles. The van der Waals surface area contributed by atoms with Crippen LogP contribution in [0, 0.1) is 0 Å².